The Kier molecular flexibility index (Phi) is 4.82. The second-order valence-electron chi connectivity index (χ2n) is 4.57. The Morgan fingerprint density at radius 2 is 2.09 bits per heavy atom. The zero-order valence-electron chi connectivity index (χ0n) is 11.9. The maximum Gasteiger partial charge on any atom is 0.229 e. The number of ether oxygens (including phenoxy) is 1. The number of thiophene rings is 1. The van der Waals surface area contributed by atoms with Crippen LogP contribution in [0.4, 0.5) is 9.39 Å². The molecule has 0 fully saturated rings. The summed E-state index contributed by atoms with van der Waals surface area (Å²) in [7, 11) is -1.99. The van der Waals surface area contributed by atoms with E-state index in [2.05, 4.69) is 5.32 Å². The van der Waals surface area contributed by atoms with Crippen LogP contribution in [0.1, 0.15) is 5.56 Å². The second-order valence-corrected chi connectivity index (χ2v) is 7.47. The van der Waals surface area contributed by atoms with Gasteiger partial charge in [0.1, 0.15) is 21.5 Å². The van der Waals surface area contributed by atoms with E-state index in [4.69, 9.17) is 4.74 Å². The Morgan fingerprint density at radius 3 is 2.73 bits per heavy atom. The van der Waals surface area contributed by atoms with Gasteiger partial charge in [-0.05, 0) is 29.6 Å². The third-order valence-electron chi connectivity index (χ3n) is 2.87. The molecule has 1 heterocycles. The highest BCUT2D eigenvalue weighted by Crippen LogP contribution is 2.28. The zero-order chi connectivity index (χ0) is 16.3. The molecule has 1 aromatic carbocycles. The van der Waals surface area contributed by atoms with Crippen LogP contribution in [0.2, 0.25) is 0 Å². The molecule has 0 aliphatic rings. The number of nitrogens with one attached hydrogen (secondary N) is 1. The number of benzene rings is 1. The van der Waals surface area contributed by atoms with Crippen LogP contribution in [-0.2, 0) is 21.1 Å². The average Bonchev–Trinajstić information content (AvgIpc) is 2.87. The van der Waals surface area contributed by atoms with Gasteiger partial charge in [0, 0.05) is 11.8 Å². The molecule has 2 aromatic rings. The van der Waals surface area contributed by atoms with E-state index in [1.54, 1.807) is 5.38 Å². The quantitative estimate of drug-likeness (QED) is 0.905. The van der Waals surface area contributed by atoms with E-state index in [9.17, 15) is 17.6 Å². The molecule has 0 aliphatic heterocycles. The average molecular weight is 343 g/mol. The molecule has 22 heavy (non-hydrogen) atoms. The second kappa shape index (κ2) is 6.45. The summed E-state index contributed by atoms with van der Waals surface area (Å²) in [6, 6.07) is 5.31. The van der Waals surface area contributed by atoms with Crippen LogP contribution in [0, 0.1) is 5.82 Å². The highest BCUT2D eigenvalue weighted by Gasteiger charge is 2.17. The van der Waals surface area contributed by atoms with Crippen molar-refractivity contribution >= 4 is 32.1 Å². The molecule has 0 saturated heterocycles. The lowest BCUT2D eigenvalue weighted by molar-refractivity contribution is -0.115. The van der Waals surface area contributed by atoms with Crippen molar-refractivity contribution < 1.29 is 22.3 Å². The maximum atomic E-state index is 13.3. The molecule has 1 amide bonds. The molecule has 0 bridgehead atoms. The Bertz CT molecular complexity index is 799. The molecule has 118 valence electrons. The molecule has 0 radical (unpaired) electrons. The summed E-state index contributed by atoms with van der Waals surface area (Å²) < 4.78 is 41.5. The van der Waals surface area contributed by atoms with Crippen molar-refractivity contribution in [2.45, 2.75) is 11.3 Å². The number of rotatable bonds is 5. The van der Waals surface area contributed by atoms with Gasteiger partial charge >= 0.3 is 0 Å². The lowest BCUT2D eigenvalue weighted by Crippen LogP contribution is -2.15. The Labute approximate surface area is 131 Å². The van der Waals surface area contributed by atoms with Crippen molar-refractivity contribution in [1.82, 2.24) is 0 Å². The zero-order valence-corrected chi connectivity index (χ0v) is 13.6. The highest BCUT2D eigenvalue weighted by atomic mass is 32.2. The first kappa shape index (κ1) is 16.4. The predicted octanol–water partition coefficient (Wildman–Crippen LogP) is 2.48. The minimum absolute atomic E-state index is 0.0667. The first-order valence-electron chi connectivity index (χ1n) is 6.21. The largest absolute Gasteiger partial charge is 0.496 e. The molecular weight excluding hydrogens is 329 g/mol. The molecule has 0 unspecified atom stereocenters. The predicted molar refractivity (Wildman–Crippen MR) is 82.7 cm³/mol. The number of halogens is 1. The summed E-state index contributed by atoms with van der Waals surface area (Å²) in [5.74, 6) is -0.529. The number of sulfone groups is 1. The van der Waals surface area contributed by atoms with Crippen LogP contribution in [-0.4, -0.2) is 27.7 Å². The molecule has 1 N–H and O–H groups in total. The van der Waals surface area contributed by atoms with Gasteiger partial charge in [-0.15, -0.1) is 11.3 Å². The van der Waals surface area contributed by atoms with E-state index in [1.807, 2.05) is 0 Å². The smallest absolute Gasteiger partial charge is 0.229 e. The van der Waals surface area contributed by atoms with E-state index in [0.29, 0.717) is 11.3 Å². The highest BCUT2D eigenvalue weighted by molar-refractivity contribution is 7.91. The topological polar surface area (TPSA) is 72.5 Å². The van der Waals surface area contributed by atoms with Gasteiger partial charge < -0.3 is 10.1 Å². The normalized spacial score (nSPS) is 11.2. The Morgan fingerprint density at radius 1 is 1.36 bits per heavy atom. The van der Waals surface area contributed by atoms with Gasteiger partial charge in [0.05, 0.1) is 13.5 Å². The lowest BCUT2D eigenvalue weighted by Gasteiger charge is -2.09. The van der Waals surface area contributed by atoms with Crippen molar-refractivity contribution in [2.24, 2.45) is 0 Å². The first-order valence-corrected chi connectivity index (χ1v) is 8.98. The fourth-order valence-corrected chi connectivity index (χ4v) is 3.99. The van der Waals surface area contributed by atoms with Gasteiger partial charge in [-0.25, -0.2) is 12.8 Å². The van der Waals surface area contributed by atoms with Crippen LogP contribution < -0.4 is 10.1 Å². The lowest BCUT2D eigenvalue weighted by atomic mass is 10.1. The van der Waals surface area contributed by atoms with E-state index in [1.165, 1.54) is 31.4 Å². The van der Waals surface area contributed by atoms with Crippen LogP contribution in [0.5, 0.6) is 5.75 Å². The number of carbonyl (C=O) groups is 1. The minimum atomic E-state index is -3.42. The van der Waals surface area contributed by atoms with Gasteiger partial charge in [0.25, 0.3) is 0 Å². The van der Waals surface area contributed by atoms with Gasteiger partial charge in [0.15, 0.2) is 9.84 Å². The monoisotopic (exact) mass is 343 g/mol. The molecule has 5 nitrogen and oxygen atoms in total. The summed E-state index contributed by atoms with van der Waals surface area (Å²) in [4.78, 5) is 12.1. The van der Waals surface area contributed by atoms with E-state index >= 15 is 0 Å². The van der Waals surface area contributed by atoms with E-state index in [-0.39, 0.29) is 16.3 Å². The maximum absolute atomic E-state index is 13.3. The van der Waals surface area contributed by atoms with Crippen LogP contribution in [0.25, 0.3) is 0 Å². The van der Waals surface area contributed by atoms with Crippen LogP contribution >= 0.6 is 11.3 Å². The summed E-state index contributed by atoms with van der Waals surface area (Å²) in [5.41, 5.74) is 0.387. The summed E-state index contributed by atoms with van der Waals surface area (Å²) in [5, 5.41) is 4.37. The SMILES string of the molecule is COc1ccc(F)cc1CC(=O)Nc1sccc1S(C)(=O)=O. The number of hydrogen-bond acceptors (Lipinski definition) is 5. The standard InChI is InChI=1S/C14H14FNO4S2/c1-20-11-4-3-10(15)7-9(11)8-13(17)16-14-12(5-6-21-14)22(2,18)19/h3-7H,8H2,1-2H3,(H,16,17). The molecular formula is C14H14FNO4S2. The van der Waals surface area contributed by atoms with Gasteiger partial charge in [-0.2, -0.15) is 0 Å². The molecule has 0 atom stereocenters. The number of methoxy groups -OCH3 is 1. The molecule has 2 rings (SSSR count). The molecule has 0 spiro atoms. The summed E-state index contributed by atoms with van der Waals surface area (Å²) in [6.07, 6.45) is 0.947. The molecule has 1 aromatic heterocycles. The Balaban J connectivity index is 2.18. The van der Waals surface area contributed by atoms with Crippen molar-refractivity contribution in [2.75, 3.05) is 18.7 Å². The molecule has 8 heteroatoms. The third-order valence-corrected chi connectivity index (χ3v) is 4.97. The van der Waals surface area contributed by atoms with Crippen LogP contribution in [0.3, 0.4) is 0 Å². The number of amides is 1. The summed E-state index contributed by atoms with van der Waals surface area (Å²) >= 11 is 1.11. The Hall–Kier alpha value is -1.93. The fraction of sp³-hybridized carbons (Fsp3) is 0.214. The number of anilines is 1. The summed E-state index contributed by atoms with van der Waals surface area (Å²) in [6.45, 7) is 0. The molecule has 0 aliphatic carbocycles. The van der Waals surface area contributed by atoms with Gasteiger partial charge in [-0.1, -0.05) is 0 Å². The van der Waals surface area contributed by atoms with Crippen molar-refractivity contribution in [1.29, 1.82) is 0 Å². The van der Waals surface area contributed by atoms with Crippen molar-refractivity contribution in [3.63, 3.8) is 0 Å². The third kappa shape index (κ3) is 3.83. The molecule has 0 saturated carbocycles. The van der Waals surface area contributed by atoms with Crippen molar-refractivity contribution in [3.8, 4) is 5.75 Å². The van der Waals surface area contributed by atoms with E-state index in [0.717, 1.165) is 17.6 Å². The first-order chi connectivity index (χ1) is 10.3. The minimum Gasteiger partial charge on any atom is -0.496 e. The van der Waals surface area contributed by atoms with Gasteiger partial charge in [0.2, 0.25) is 5.91 Å². The number of hydrogen-bond donors (Lipinski definition) is 1. The van der Waals surface area contributed by atoms with Crippen LogP contribution in [0.15, 0.2) is 34.5 Å². The number of carbonyl (C=O) groups excluding carboxylic acids is 1. The van der Waals surface area contributed by atoms with Crippen molar-refractivity contribution in [3.05, 3.63) is 41.0 Å². The van der Waals surface area contributed by atoms with E-state index < -0.39 is 21.6 Å². The fourth-order valence-electron chi connectivity index (χ4n) is 1.91. The van der Waals surface area contributed by atoms with Gasteiger partial charge in [-0.3, -0.25) is 4.79 Å².